The van der Waals surface area contributed by atoms with Crippen LogP contribution in [0.2, 0.25) is 0 Å². The molecule has 2 aromatic rings. The molecule has 0 saturated carbocycles. The number of rotatable bonds is 7. The molecule has 0 radical (unpaired) electrons. The van der Waals surface area contributed by atoms with Gasteiger partial charge in [-0.3, -0.25) is 14.2 Å². The normalized spacial score (nSPS) is 14.4. The van der Waals surface area contributed by atoms with Crippen molar-refractivity contribution in [2.75, 3.05) is 6.54 Å². The lowest BCUT2D eigenvalue weighted by atomic mass is 10.0. The Bertz CT molecular complexity index is 818. The number of hydrogen-bond acceptors (Lipinski definition) is 5. The first-order valence-corrected chi connectivity index (χ1v) is 7.72. The van der Waals surface area contributed by atoms with E-state index in [2.05, 4.69) is 31.7 Å². The van der Waals surface area contributed by atoms with Gasteiger partial charge in [-0.15, -0.1) is 12.3 Å². The van der Waals surface area contributed by atoms with Crippen LogP contribution < -0.4 is 5.32 Å². The first kappa shape index (κ1) is 15.9. The van der Waals surface area contributed by atoms with Gasteiger partial charge in [0.1, 0.15) is 5.69 Å². The SMILES string of the molecule is C#CCCC1(CCNC(=O)c2cn(C)nc2-c2ccnn2C)N=N1. The van der Waals surface area contributed by atoms with Crippen molar-refractivity contribution in [1.82, 2.24) is 24.9 Å². The van der Waals surface area contributed by atoms with Gasteiger partial charge in [0.2, 0.25) is 0 Å². The van der Waals surface area contributed by atoms with Crippen molar-refractivity contribution in [2.45, 2.75) is 24.9 Å². The second kappa shape index (κ2) is 6.28. The van der Waals surface area contributed by atoms with Crippen LogP contribution in [0.3, 0.4) is 0 Å². The zero-order chi connectivity index (χ0) is 17.2. The second-order valence-corrected chi connectivity index (χ2v) is 5.80. The van der Waals surface area contributed by atoms with Crippen LogP contribution in [0.25, 0.3) is 11.4 Å². The third-order valence-electron chi connectivity index (χ3n) is 4.00. The fourth-order valence-corrected chi connectivity index (χ4v) is 2.59. The van der Waals surface area contributed by atoms with E-state index in [0.29, 0.717) is 30.6 Å². The Balaban J connectivity index is 1.64. The summed E-state index contributed by atoms with van der Waals surface area (Å²) in [6.45, 7) is 0.482. The van der Waals surface area contributed by atoms with Gasteiger partial charge < -0.3 is 5.32 Å². The quantitative estimate of drug-likeness (QED) is 0.783. The van der Waals surface area contributed by atoms with Crippen molar-refractivity contribution in [2.24, 2.45) is 24.3 Å². The Hall–Kier alpha value is -2.95. The molecule has 0 aromatic carbocycles. The van der Waals surface area contributed by atoms with Gasteiger partial charge in [-0.05, 0) is 6.07 Å². The van der Waals surface area contributed by atoms with Gasteiger partial charge >= 0.3 is 0 Å². The van der Waals surface area contributed by atoms with E-state index < -0.39 is 0 Å². The predicted octanol–water partition coefficient (Wildman–Crippen LogP) is 1.52. The Labute approximate surface area is 140 Å². The second-order valence-electron chi connectivity index (χ2n) is 5.80. The molecule has 0 bridgehead atoms. The molecule has 8 heteroatoms. The fraction of sp³-hybridized carbons (Fsp3) is 0.438. The zero-order valence-corrected chi connectivity index (χ0v) is 13.7. The number of aromatic nitrogens is 4. The molecular formula is C16H19N7O. The molecule has 3 heterocycles. The molecule has 1 aliphatic heterocycles. The van der Waals surface area contributed by atoms with Crippen molar-refractivity contribution in [3.8, 4) is 23.7 Å². The topological polar surface area (TPSA) is 89.5 Å². The molecule has 0 atom stereocenters. The van der Waals surface area contributed by atoms with Gasteiger partial charge in [0, 0.05) is 52.3 Å². The van der Waals surface area contributed by atoms with Gasteiger partial charge in [-0.1, -0.05) is 0 Å². The predicted molar refractivity (Wildman–Crippen MR) is 88.0 cm³/mol. The largest absolute Gasteiger partial charge is 0.352 e. The summed E-state index contributed by atoms with van der Waals surface area (Å²) in [5.41, 5.74) is 1.53. The Kier molecular flexibility index (Phi) is 4.16. The van der Waals surface area contributed by atoms with Crippen LogP contribution in [0.15, 0.2) is 28.7 Å². The Morgan fingerprint density at radius 2 is 2.17 bits per heavy atom. The summed E-state index contributed by atoms with van der Waals surface area (Å²) in [6, 6.07) is 1.83. The molecule has 1 aliphatic rings. The highest BCUT2D eigenvalue weighted by molar-refractivity contribution is 5.99. The average Bonchev–Trinajstić information content (AvgIpc) is 3.01. The molecule has 2 aromatic heterocycles. The minimum absolute atomic E-state index is 0.174. The molecule has 0 saturated heterocycles. The van der Waals surface area contributed by atoms with Gasteiger partial charge in [-0.25, -0.2) is 0 Å². The van der Waals surface area contributed by atoms with Gasteiger partial charge in [0.15, 0.2) is 5.66 Å². The molecule has 0 unspecified atom stereocenters. The average molecular weight is 325 g/mol. The number of aryl methyl sites for hydroxylation is 2. The van der Waals surface area contributed by atoms with E-state index in [-0.39, 0.29) is 11.6 Å². The highest BCUT2D eigenvalue weighted by Gasteiger charge is 2.38. The van der Waals surface area contributed by atoms with Gasteiger partial charge in [-0.2, -0.15) is 20.4 Å². The Morgan fingerprint density at radius 3 is 2.79 bits per heavy atom. The van der Waals surface area contributed by atoms with Gasteiger partial charge in [0.25, 0.3) is 5.91 Å². The summed E-state index contributed by atoms with van der Waals surface area (Å²) in [5, 5.41) is 19.6. The molecular weight excluding hydrogens is 306 g/mol. The van der Waals surface area contributed by atoms with E-state index in [0.717, 1.165) is 12.1 Å². The van der Waals surface area contributed by atoms with Crippen molar-refractivity contribution in [1.29, 1.82) is 0 Å². The number of carbonyl (C=O) groups excluding carboxylic acids is 1. The number of nitrogens with zero attached hydrogens (tertiary/aromatic N) is 6. The first-order valence-electron chi connectivity index (χ1n) is 7.72. The molecule has 0 aliphatic carbocycles. The van der Waals surface area contributed by atoms with Crippen LogP contribution in [0.4, 0.5) is 0 Å². The summed E-state index contributed by atoms with van der Waals surface area (Å²) in [5.74, 6) is 2.42. The maximum atomic E-state index is 12.5. The summed E-state index contributed by atoms with van der Waals surface area (Å²) in [6.07, 6.45) is 10.7. The van der Waals surface area contributed by atoms with Crippen molar-refractivity contribution < 1.29 is 4.79 Å². The Morgan fingerprint density at radius 1 is 1.38 bits per heavy atom. The van der Waals surface area contributed by atoms with Crippen molar-refractivity contribution in [3.05, 3.63) is 24.0 Å². The molecule has 1 amide bonds. The van der Waals surface area contributed by atoms with Crippen LogP contribution in [-0.4, -0.2) is 37.7 Å². The van der Waals surface area contributed by atoms with Crippen LogP contribution in [0, 0.1) is 12.3 Å². The summed E-state index contributed by atoms with van der Waals surface area (Å²) >= 11 is 0. The molecule has 8 nitrogen and oxygen atoms in total. The maximum absolute atomic E-state index is 12.5. The highest BCUT2D eigenvalue weighted by Crippen LogP contribution is 2.36. The lowest BCUT2D eigenvalue weighted by Gasteiger charge is -2.10. The van der Waals surface area contributed by atoms with Gasteiger partial charge in [0.05, 0.1) is 11.3 Å². The minimum Gasteiger partial charge on any atom is -0.352 e. The zero-order valence-electron chi connectivity index (χ0n) is 13.7. The van der Waals surface area contributed by atoms with E-state index in [1.165, 1.54) is 0 Å². The number of carbonyl (C=O) groups is 1. The fourth-order valence-electron chi connectivity index (χ4n) is 2.59. The lowest BCUT2D eigenvalue weighted by Crippen LogP contribution is -2.28. The van der Waals surface area contributed by atoms with Crippen LogP contribution in [-0.2, 0) is 14.1 Å². The molecule has 0 spiro atoms. The number of hydrogen-bond donors (Lipinski definition) is 1. The third-order valence-corrected chi connectivity index (χ3v) is 4.00. The highest BCUT2D eigenvalue weighted by atomic mass is 16.1. The van der Waals surface area contributed by atoms with Crippen LogP contribution in [0.5, 0.6) is 0 Å². The third kappa shape index (κ3) is 3.20. The minimum atomic E-state index is -0.389. The smallest absolute Gasteiger partial charge is 0.255 e. The van der Waals surface area contributed by atoms with Crippen LogP contribution in [0.1, 0.15) is 29.6 Å². The molecule has 0 fully saturated rings. The molecule has 3 rings (SSSR count). The number of terminal acetylenes is 1. The number of amides is 1. The lowest BCUT2D eigenvalue weighted by molar-refractivity contribution is 0.0952. The standard InChI is InChI=1S/C16H19N7O/c1-4-5-7-16(20-21-16)8-10-17-15(24)12-11-22(2)19-14(12)13-6-9-18-23(13)3/h1,6,9,11H,5,7-8,10H2,2-3H3,(H,17,24). The van der Waals surface area contributed by atoms with Crippen molar-refractivity contribution >= 4 is 5.91 Å². The first-order chi connectivity index (χ1) is 11.5. The van der Waals surface area contributed by atoms with Crippen LogP contribution >= 0.6 is 0 Å². The van der Waals surface area contributed by atoms with Crippen molar-refractivity contribution in [3.63, 3.8) is 0 Å². The van der Waals surface area contributed by atoms with E-state index in [1.807, 2.05) is 13.1 Å². The van der Waals surface area contributed by atoms with E-state index in [1.54, 1.807) is 28.8 Å². The molecule has 24 heavy (non-hydrogen) atoms. The maximum Gasteiger partial charge on any atom is 0.255 e. The van der Waals surface area contributed by atoms with E-state index in [4.69, 9.17) is 6.42 Å². The van der Waals surface area contributed by atoms with E-state index >= 15 is 0 Å². The summed E-state index contributed by atoms with van der Waals surface area (Å²) < 4.78 is 3.31. The summed E-state index contributed by atoms with van der Waals surface area (Å²) in [4.78, 5) is 12.5. The monoisotopic (exact) mass is 325 g/mol. The molecule has 124 valence electrons. The number of nitrogens with one attached hydrogen (secondary N) is 1. The molecule has 1 N–H and O–H groups in total. The summed E-state index contributed by atoms with van der Waals surface area (Å²) in [7, 11) is 3.60. The van der Waals surface area contributed by atoms with E-state index in [9.17, 15) is 4.79 Å².